The van der Waals surface area contributed by atoms with Crippen LogP contribution in [0.4, 0.5) is 0 Å². The number of nitrogens with zero attached hydrogens (tertiary/aromatic N) is 4. The highest BCUT2D eigenvalue weighted by molar-refractivity contribution is 6.04. The van der Waals surface area contributed by atoms with Crippen LogP contribution >= 0.6 is 0 Å². The number of fused-ring (bicyclic) bond motifs is 1. The number of hydrogen-bond acceptors (Lipinski definition) is 7. The van der Waals surface area contributed by atoms with Gasteiger partial charge in [0, 0.05) is 6.04 Å². The van der Waals surface area contributed by atoms with Gasteiger partial charge in [-0.2, -0.15) is 10.4 Å². The molecule has 1 N–H and O–H groups in total. The van der Waals surface area contributed by atoms with Gasteiger partial charge < -0.3 is 14.5 Å². The zero-order chi connectivity index (χ0) is 23.6. The third kappa shape index (κ3) is 4.46. The van der Waals surface area contributed by atoms with Crippen LogP contribution in [-0.2, 0) is 9.53 Å². The zero-order valence-corrected chi connectivity index (χ0v) is 19.0. The summed E-state index contributed by atoms with van der Waals surface area (Å²) in [7, 11) is 0. The van der Waals surface area contributed by atoms with E-state index in [0.717, 1.165) is 19.3 Å². The van der Waals surface area contributed by atoms with E-state index in [-0.39, 0.29) is 11.6 Å². The van der Waals surface area contributed by atoms with Gasteiger partial charge in [-0.25, -0.2) is 14.5 Å². The highest BCUT2D eigenvalue weighted by Crippen LogP contribution is 2.29. The normalized spacial score (nSPS) is 16.3. The lowest BCUT2D eigenvalue weighted by molar-refractivity contribution is -0.130. The lowest BCUT2D eigenvalue weighted by atomic mass is 9.83. The minimum absolute atomic E-state index is 0.0214. The first kappa shape index (κ1) is 22.5. The maximum absolute atomic E-state index is 13.2. The Morgan fingerprint density at radius 2 is 2.03 bits per heavy atom. The van der Waals surface area contributed by atoms with Crippen LogP contribution in [0, 0.1) is 11.3 Å². The van der Waals surface area contributed by atoms with Crippen molar-refractivity contribution in [1.29, 1.82) is 5.26 Å². The van der Waals surface area contributed by atoms with Crippen molar-refractivity contribution < 1.29 is 18.7 Å². The lowest BCUT2D eigenvalue weighted by Crippen LogP contribution is -2.52. The predicted molar refractivity (Wildman–Crippen MR) is 120 cm³/mol. The molecule has 4 rings (SSSR count). The second kappa shape index (κ2) is 9.06. The number of hydrogen-bond donors (Lipinski definition) is 1. The molecule has 0 saturated heterocycles. The Hall–Kier alpha value is -3.67. The summed E-state index contributed by atoms with van der Waals surface area (Å²) in [6.45, 7) is 5.44. The molecule has 9 heteroatoms. The summed E-state index contributed by atoms with van der Waals surface area (Å²) >= 11 is 0. The Balaban J connectivity index is 1.61. The van der Waals surface area contributed by atoms with Crippen LogP contribution in [0.25, 0.3) is 22.5 Å². The summed E-state index contributed by atoms with van der Waals surface area (Å²) in [6.07, 6.45) is 6.04. The van der Waals surface area contributed by atoms with Crippen molar-refractivity contribution in [3.63, 3.8) is 0 Å². The monoisotopic (exact) mass is 449 g/mol. The molecule has 1 aliphatic rings. The molecule has 0 radical (unpaired) electrons. The van der Waals surface area contributed by atoms with Crippen LogP contribution in [-0.4, -0.2) is 38.3 Å². The van der Waals surface area contributed by atoms with Crippen LogP contribution < -0.4 is 5.32 Å². The summed E-state index contributed by atoms with van der Waals surface area (Å²) in [5.74, 6) is -0.654. The molecule has 1 unspecified atom stereocenters. The molecule has 0 aliphatic heterocycles. The van der Waals surface area contributed by atoms with E-state index in [1.807, 2.05) is 13.8 Å². The van der Waals surface area contributed by atoms with Crippen molar-refractivity contribution in [3.8, 4) is 17.5 Å². The number of carbonyl (C=O) groups is 2. The number of nitrogens with one attached hydrogen (secondary N) is 1. The van der Waals surface area contributed by atoms with E-state index in [1.165, 1.54) is 13.2 Å². The highest BCUT2D eigenvalue weighted by Gasteiger charge is 2.35. The average molecular weight is 450 g/mol. The smallest absolute Gasteiger partial charge is 0.339 e. The van der Waals surface area contributed by atoms with Gasteiger partial charge in [0.1, 0.15) is 11.2 Å². The maximum Gasteiger partial charge on any atom is 0.339 e. The van der Waals surface area contributed by atoms with Gasteiger partial charge in [0.05, 0.1) is 29.5 Å². The van der Waals surface area contributed by atoms with Crippen LogP contribution in [0.5, 0.6) is 0 Å². The quantitative estimate of drug-likeness (QED) is 0.560. The molecule has 0 spiro atoms. The first-order valence-electron chi connectivity index (χ1n) is 11.2. The summed E-state index contributed by atoms with van der Waals surface area (Å²) in [6, 6.07) is 7.34. The summed E-state index contributed by atoms with van der Waals surface area (Å²) in [4.78, 5) is 30.6. The molecular weight excluding hydrogens is 422 g/mol. The number of pyridine rings is 1. The van der Waals surface area contributed by atoms with Crippen molar-refractivity contribution in [2.24, 2.45) is 0 Å². The van der Waals surface area contributed by atoms with E-state index in [4.69, 9.17) is 9.15 Å². The van der Waals surface area contributed by atoms with Crippen molar-refractivity contribution in [2.75, 3.05) is 0 Å². The molecule has 1 atom stereocenters. The molecular formula is C24H27N5O4. The second-order valence-corrected chi connectivity index (χ2v) is 8.74. The van der Waals surface area contributed by atoms with Gasteiger partial charge in [-0.3, -0.25) is 4.79 Å². The minimum atomic E-state index is -1.07. The van der Waals surface area contributed by atoms with Crippen molar-refractivity contribution in [1.82, 2.24) is 20.1 Å². The Bertz CT molecular complexity index is 1200. The van der Waals surface area contributed by atoms with E-state index >= 15 is 0 Å². The SMILES string of the molecule is CC(OC(=O)c1cc(-c2ccco2)nc2c1cnn2C(C)C)C(=O)NC1(C#N)CCCCC1. The van der Waals surface area contributed by atoms with Gasteiger partial charge in [0.15, 0.2) is 17.5 Å². The standard InChI is InChI=1S/C24H27N5O4/c1-15(2)29-21-18(13-26-29)17(12-19(27-21)20-8-7-11-32-20)23(31)33-16(3)22(30)28-24(14-25)9-5-4-6-10-24/h7-8,11-13,15-16H,4-6,9-10H2,1-3H3,(H,28,30). The van der Waals surface area contributed by atoms with E-state index in [0.29, 0.717) is 35.3 Å². The number of rotatable bonds is 6. The molecule has 1 aliphatic carbocycles. The molecule has 3 aromatic rings. The van der Waals surface area contributed by atoms with Gasteiger partial charge in [-0.1, -0.05) is 19.3 Å². The molecule has 172 valence electrons. The molecule has 1 saturated carbocycles. The molecule has 0 aromatic carbocycles. The number of amides is 1. The van der Waals surface area contributed by atoms with Crippen molar-refractivity contribution in [2.45, 2.75) is 70.6 Å². The van der Waals surface area contributed by atoms with Crippen molar-refractivity contribution in [3.05, 3.63) is 36.2 Å². The molecule has 9 nitrogen and oxygen atoms in total. The first-order chi connectivity index (χ1) is 15.8. The molecule has 33 heavy (non-hydrogen) atoms. The fraction of sp³-hybridized carbons (Fsp3) is 0.458. The molecule has 3 aromatic heterocycles. The van der Waals surface area contributed by atoms with Crippen LogP contribution in [0.2, 0.25) is 0 Å². The Kier molecular flexibility index (Phi) is 6.18. The summed E-state index contributed by atoms with van der Waals surface area (Å²) in [5.41, 5.74) is 0.328. The van der Waals surface area contributed by atoms with Crippen LogP contribution in [0.15, 0.2) is 35.1 Å². The molecule has 0 bridgehead atoms. The number of carbonyl (C=O) groups excluding carboxylic acids is 2. The number of ether oxygens (including phenoxy) is 1. The van der Waals surface area contributed by atoms with E-state index in [2.05, 4.69) is 21.5 Å². The van der Waals surface area contributed by atoms with Crippen LogP contribution in [0.3, 0.4) is 0 Å². The number of furan rings is 1. The third-order valence-electron chi connectivity index (χ3n) is 5.99. The fourth-order valence-electron chi connectivity index (χ4n) is 4.15. The van der Waals surface area contributed by atoms with Gasteiger partial charge in [-0.15, -0.1) is 0 Å². The number of aromatic nitrogens is 3. The third-order valence-corrected chi connectivity index (χ3v) is 5.99. The van der Waals surface area contributed by atoms with Gasteiger partial charge in [-0.05, 0) is 51.8 Å². The molecule has 1 fully saturated rings. The fourth-order valence-corrected chi connectivity index (χ4v) is 4.15. The van der Waals surface area contributed by atoms with Crippen LogP contribution in [0.1, 0.15) is 69.3 Å². The van der Waals surface area contributed by atoms with E-state index in [9.17, 15) is 14.9 Å². The highest BCUT2D eigenvalue weighted by atomic mass is 16.5. The summed E-state index contributed by atoms with van der Waals surface area (Å²) in [5, 5.41) is 17.3. The number of esters is 1. The first-order valence-corrected chi connectivity index (χ1v) is 11.2. The Morgan fingerprint density at radius 3 is 2.67 bits per heavy atom. The number of nitriles is 1. The Morgan fingerprint density at radius 1 is 1.27 bits per heavy atom. The molecule has 3 heterocycles. The lowest BCUT2D eigenvalue weighted by Gasteiger charge is -2.32. The van der Waals surface area contributed by atoms with E-state index in [1.54, 1.807) is 29.1 Å². The topological polar surface area (TPSA) is 123 Å². The van der Waals surface area contributed by atoms with Gasteiger partial charge >= 0.3 is 5.97 Å². The van der Waals surface area contributed by atoms with E-state index < -0.39 is 23.5 Å². The average Bonchev–Trinajstić information content (AvgIpc) is 3.49. The minimum Gasteiger partial charge on any atom is -0.463 e. The summed E-state index contributed by atoms with van der Waals surface area (Å²) < 4.78 is 12.7. The second-order valence-electron chi connectivity index (χ2n) is 8.74. The largest absolute Gasteiger partial charge is 0.463 e. The molecule has 1 amide bonds. The maximum atomic E-state index is 13.2. The van der Waals surface area contributed by atoms with Crippen molar-refractivity contribution >= 4 is 22.9 Å². The van der Waals surface area contributed by atoms with Gasteiger partial charge in [0.25, 0.3) is 5.91 Å². The Labute approximate surface area is 191 Å². The van der Waals surface area contributed by atoms with Gasteiger partial charge in [0.2, 0.25) is 0 Å². The zero-order valence-electron chi connectivity index (χ0n) is 19.0. The predicted octanol–water partition coefficient (Wildman–Crippen LogP) is 4.16.